The highest BCUT2D eigenvalue weighted by Crippen LogP contribution is 2.23. The summed E-state index contributed by atoms with van der Waals surface area (Å²) in [6.45, 7) is 0.924. The molecule has 0 bridgehead atoms. The number of aliphatic hydroxyl groups excluding tert-OH is 1. The van der Waals surface area contributed by atoms with Crippen molar-refractivity contribution in [2.24, 2.45) is 0 Å². The molecule has 2 atom stereocenters. The lowest BCUT2D eigenvalue weighted by molar-refractivity contribution is 0.111. The molecular weight excluding hydrogens is 274 g/mol. The first-order valence-corrected chi connectivity index (χ1v) is 7.00. The van der Waals surface area contributed by atoms with E-state index in [1.165, 1.54) is 15.1 Å². The normalized spacial score (nSPS) is 26.8. The molecule has 0 aliphatic heterocycles. The Balaban J connectivity index is 1.77. The lowest BCUT2D eigenvalue weighted by Gasteiger charge is -2.26. The third kappa shape index (κ3) is 3.55. The topological polar surface area (TPSA) is 32.3 Å². The summed E-state index contributed by atoms with van der Waals surface area (Å²) in [7, 11) is 0. The van der Waals surface area contributed by atoms with Gasteiger partial charge in [0.2, 0.25) is 0 Å². The molecule has 1 aromatic heterocycles. The first kappa shape index (κ1) is 11.6. The quantitative estimate of drug-likeness (QED) is 0.897. The average Bonchev–Trinajstić information content (AvgIpc) is 2.62. The van der Waals surface area contributed by atoms with Gasteiger partial charge in [-0.05, 0) is 53.7 Å². The van der Waals surface area contributed by atoms with Crippen molar-refractivity contribution in [1.29, 1.82) is 0 Å². The van der Waals surface area contributed by atoms with Crippen molar-refractivity contribution in [2.45, 2.75) is 44.4 Å². The lowest BCUT2D eigenvalue weighted by atomic mass is 9.93. The van der Waals surface area contributed by atoms with Gasteiger partial charge in [0.15, 0.2) is 0 Å². The first-order chi connectivity index (χ1) is 7.24. The van der Waals surface area contributed by atoms with Crippen molar-refractivity contribution in [3.63, 3.8) is 0 Å². The van der Waals surface area contributed by atoms with Crippen molar-refractivity contribution in [3.8, 4) is 0 Å². The Labute approximate surface area is 103 Å². The number of thiophene rings is 1. The predicted molar refractivity (Wildman–Crippen MR) is 67.1 cm³/mol. The second-order valence-corrected chi connectivity index (χ2v) is 6.65. The van der Waals surface area contributed by atoms with E-state index >= 15 is 0 Å². The molecule has 0 amide bonds. The second-order valence-electron chi connectivity index (χ2n) is 4.10. The van der Waals surface area contributed by atoms with Crippen molar-refractivity contribution < 1.29 is 5.11 Å². The van der Waals surface area contributed by atoms with E-state index in [9.17, 15) is 5.11 Å². The molecule has 1 heterocycles. The summed E-state index contributed by atoms with van der Waals surface area (Å²) in [5.74, 6) is 0. The van der Waals surface area contributed by atoms with Crippen LogP contribution < -0.4 is 5.32 Å². The molecule has 1 aliphatic carbocycles. The van der Waals surface area contributed by atoms with E-state index in [0.29, 0.717) is 6.04 Å². The molecule has 84 valence electrons. The molecule has 2 N–H and O–H groups in total. The smallest absolute Gasteiger partial charge is 0.0701 e. The largest absolute Gasteiger partial charge is 0.393 e. The molecule has 4 heteroatoms. The highest BCUT2D eigenvalue weighted by atomic mass is 79.9. The number of rotatable bonds is 3. The van der Waals surface area contributed by atoms with Crippen molar-refractivity contribution in [2.75, 3.05) is 0 Å². The zero-order valence-electron chi connectivity index (χ0n) is 8.58. The summed E-state index contributed by atoms with van der Waals surface area (Å²) >= 11 is 5.23. The van der Waals surface area contributed by atoms with Crippen LogP contribution in [-0.4, -0.2) is 17.3 Å². The molecule has 0 radical (unpaired) electrons. The minimum absolute atomic E-state index is 0.0914. The zero-order valence-corrected chi connectivity index (χ0v) is 11.0. The Kier molecular flexibility index (Phi) is 4.20. The Morgan fingerprint density at radius 3 is 3.00 bits per heavy atom. The van der Waals surface area contributed by atoms with Gasteiger partial charge in [-0.1, -0.05) is 0 Å². The summed E-state index contributed by atoms with van der Waals surface area (Å²) in [5.41, 5.74) is 0. The van der Waals surface area contributed by atoms with Crippen LogP contribution in [-0.2, 0) is 6.54 Å². The van der Waals surface area contributed by atoms with Crippen LogP contribution >= 0.6 is 27.3 Å². The SMILES string of the molecule is OC1CCCC(NCc2ccc(Br)s2)C1. The van der Waals surface area contributed by atoms with E-state index in [4.69, 9.17) is 0 Å². The van der Waals surface area contributed by atoms with Gasteiger partial charge < -0.3 is 10.4 Å². The van der Waals surface area contributed by atoms with Gasteiger partial charge in [0.05, 0.1) is 9.89 Å². The fourth-order valence-corrected chi connectivity index (χ4v) is 3.48. The predicted octanol–water partition coefficient (Wildman–Crippen LogP) is 2.90. The monoisotopic (exact) mass is 289 g/mol. The molecule has 1 saturated carbocycles. The van der Waals surface area contributed by atoms with E-state index in [2.05, 4.69) is 33.4 Å². The van der Waals surface area contributed by atoms with Gasteiger partial charge in [0.25, 0.3) is 0 Å². The minimum atomic E-state index is -0.0914. The molecule has 2 unspecified atom stereocenters. The standard InChI is InChI=1S/C11H16BrNOS/c12-11-5-4-10(15-11)7-13-8-2-1-3-9(14)6-8/h4-5,8-9,13-14H,1-3,6-7H2. The third-order valence-electron chi connectivity index (χ3n) is 2.84. The summed E-state index contributed by atoms with van der Waals surface area (Å²) < 4.78 is 1.18. The maximum Gasteiger partial charge on any atom is 0.0701 e. The van der Waals surface area contributed by atoms with Crippen LogP contribution in [0, 0.1) is 0 Å². The van der Waals surface area contributed by atoms with Gasteiger partial charge in [0.1, 0.15) is 0 Å². The van der Waals surface area contributed by atoms with Crippen molar-refractivity contribution in [1.82, 2.24) is 5.32 Å². The summed E-state index contributed by atoms with van der Waals surface area (Å²) in [6.07, 6.45) is 4.14. The van der Waals surface area contributed by atoms with Crippen LogP contribution in [0.3, 0.4) is 0 Å². The van der Waals surface area contributed by atoms with Crippen LogP contribution in [0.4, 0.5) is 0 Å². The van der Waals surface area contributed by atoms with Gasteiger partial charge in [-0.2, -0.15) is 0 Å². The Morgan fingerprint density at radius 1 is 1.47 bits per heavy atom. The summed E-state index contributed by atoms with van der Waals surface area (Å²) in [4.78, 5) is 1.35. The van der Waals surface area contributed by atoms with E-state index in [0.717, 1.165) is 25.8 Å². The molecule has 1 fully saturated rings. The molecule has 0 saturated heterocycles. The van der Waals surface area contributed by atoms with Gasteiger partial charge in [-0.15, -0.1) is 11.3 Å². The van der Waals surface area contributed by atoms with Crippen LogP contribution in [0.25, 0.3) is 0 Å². The second kappa shape index (κ2) is 5.43. The molecule has 15 heavy (non-hydrogen) atoms. The van der Waals surface area contributed by atoms with Crippen LogP contribution in [0.1, 0.15) is 30.6 Å². The van der Waals surface area contributed by atoms with Crippen LogP contribution in [0.2, 0.25) is 0 Å². The number of halogens is 1. The number of aliphatic hydroxyl groups is 1. The number of nitrogens with one attached hydrogen (secondary N) is 1. The first-order valence-electron chi connectivity index (χ1n) is 5.39. The molecule has 0 spiro atoms. The maximum absolute atomic E-state index is 9.54. The lowest BCUT2D eigenvalue weighted by Crippen LogP contribution is -2.35. The molecule has 1 aromatic rings. The zero-order chi connectivity index (χ0) is 10.7. The van der Waals surface area contributed by atoms with Gasteiger partial charge in [0, 0.05) is 17.5 Å². The number of hydrogen-bond donors (Lipinski definition) is 2. The van der Waals surface area contributed by atoms with Crippen LogP contribution in [0.15, 0.2) is 15.9 Å². The maximum atomic E-state index is 9.54. The van der Waals surface area contributed by atoms with Gasteiger partial charge >= 0.3 is 0 Å². The highest BCUT2D eigenvalue weighted by Gasteiger charge is 2.19. The Bertz CT molecular complexity index is 315. The van der Waals surface area contributed by atoms with Gasteiger partial charge in [-0.25, -0.2) is 0 Å². The fourth-order valence-electron chi connectivity index (χ4n) is 2.04. The summed E-state index contributed by atoms with van der Waals surface area (Å²) in [5, 5.41) is 13.0. The third-order valence-corrected chi connectivity index (χ3v) is 4.46. The molecule has 1 aliphatic rings. The van der Waals surface area contributed by atoms with Crippen molar-refractivity contribution >= 4 is 27.3 Å². The van der Waals surface area contributed by atoms with E-state index in [1.54, 1.807) is 11.3 Å². The van der Waals surface area contributed by atoms with Crippen LogP contribution in [0.5, 0.6) is 0 Å². The Hall–Kier alpha value is 0.1000. The molecule has 2 nitrogen and oxygen atoms in total. The van der Waals surface area contributed by atoms with Crippen molar-refractivity contribution in [3.05, 3.63) is 20.8 Å². The average molecular weight is 290 g/mol. The minimum Gasteiger partial charge on any atom is -0.393 e. The summed E-state index contributed by atoms with van der Waals surface area (Å²) in [6, 6.07) is 4.72. The fraction of sp³-hybridized carbons (Fsp3) is 0.636. The Morgan fingerprint density at radius 2 is 2.33 bits per heavy atom. The van der Waals surface area contributed by atoms with Gasteiger partial charge in [-0.3, -0.25) is 0 Å². The molecule has 2 rings (SSSR count). The number of hydrogen-bond acceptors (Lipinski definition) is 3. The molecule has 0 aromatic carbocycles. The van der Waals surface area contributed by atoms with E-state index in [-0.39, 0.29) is 6.10 Å². The molecular formula is C11H16BrNOS. The van der Waals surface area contributed by atoms with E-state index in [1.807, 2.05) is 0 Å². The van der Waals surface area contributed by atoms with E-state index < -0.39 is 0 Å². The highest BCUT2D eigenvalue weighted by molar-refractivity contribution is 9.11.